The number of ether oxygens (including phenoxy) is 1. The number of amides is 1. The fourth-order valence-corrected chi connectivity index (χ4v) is 1.81. The van der Waals surface area contributed by atoms with Crippen molar-refractivity contribution in [1.29, 1.82) is 0 Å². The molecule has 1 aromatic carbocycles. The van der Waals surface area contributed by atoms with Crippen LogP contribution in [0.5, 0.6) is 0 Å². The highest BCUT2D eigenvalue weighted by atomic mass is 79.9. The lowest BCUT2D eigenvalue weighted by Gasteiger charge is -2.06. The Labute approximate surface area is 111 Å². The van der Waals surface area contributed by atoms with Crippen molar-refractivity contribution in [2.24, 2.45) is 0 Å². The molecule has 4 heteroatoms. The van der Waals surface area contributed by atoms with E-state index in [0.29, 0.717) is 13.2 Å². The van der Waals surface area contributed by atoms with Crippen molar-refractivity contribution in [3.8, 4) is 0 Å². The van der Waals surface area contributed by atoms with Gasteiger partial charge < -0.3 is 10.1 Å². The Balaban J connectivity index is 2.17. The van der Waals surface area contributed by atoms with Gasteiger partial charge in [0.15, 0.2) is 0 Å². The number of hydrogen-bond acceptors (Lipinski definition) is 2. The number of carbonyl (C=O) groups excluding carboxylic acids is 1. The van der Waals surface area contributed by atoms with Gasteiger partial charge in [0.1, 0.15) is 0 Å². The van der Waals surface area contributed by atoms with Gasteiger partial charge in [0, 0.05) is 11.0 Å². The van der Waals surface area contributed by atoms with Crippen LogP contribution in [0, 0.1) is 0 Å². The lowest BCUT2D eigenvalue weighted by atomic mass is 10.1. The van der Waals surface area contributed by atoms with E-state index in [2.05, 4.69) is 28.2 Å². The monoisotopic (exact) mass is 299 g/mol. The van der Waals surface area contributed by atoms with Crippen molar-refractivity contribution < 1.29 is 9.53 Å². The predicted octanol–water partition coefficient (Wildman–Crippen LogP) is 3.52. The SMILES string of the molecule is CCCCOC(=O)NCCc1cccc(Br)c1. The van der Waals surface area contributed by atoms with Crippen molar-refractivity contribution in [2.75, 3.05) is 13.2 Å². The fourth-order valence-electron chi connectivity index (χ4n) is 1.36. The number of hydrogen-bond donors (Lipinski definition) is 1. The van der Waals surface area contributed by atoms with Gasteiger partial charge in [-0.3, -0.25) is 0 Å². The van der Waals surface area contributed by atoms with Crippen molar-refractivity contribution in [2.45, 2.75) is 26.2 Å². The van der Waals surface area contributed by atoms with Crippen LogP contribution < -0.4 is 5.32 Å². The summed E-state index contributed by atoms with van der Waals surface area (Å²) in [6.45, 7) is 3.16. The Bertz CT molecular complexity index is 355. The van der Waals surface area contributed by atoms with Crippen LogP contribution in [0.1, 0.15) is 25.3 Å². The van der Waals surface area contributed by atoms with Crippen molar-refractivity contribution >= 4 is 22.0 Å². The van der Waals surface area contributed by atoms with Crippen molar-refractivity contribution in [1.82, 2.24) is 5.32 Å². The second-order valence-corrected chi connectivity index (χ2v) is 4.71. The Morgan fingerprint density at radius 2 is 2.29 bits per heavy atom. The van der Waals surface area contributed by atoms with E-state index in [4.69, 9.17) is 4.74 Å². The second kappa shape index (κ2) is 8.12. The third-order valence-corrected chi connectivity index (χ3v) is 2.80. The Morgan fingerprint density at radius 1 is 1.47 bits per heavy atom. The molecule has 1 rings (SSSR count). The van der Waals surface area contributed by atoms with Gasteiger partial charge in [0.2, 0.25) is 0 Å². The minimum atomic E-state index is -0.326. The molecule has 0 fully saturated rings. The summed E-state index contributed by atoms with van der Waals surface area (Å²) in [6.07, 6.45) is 2.43. The first-order valence-corrected chi connectivity index (χ1v) is 6.66. The molecule has 0 spiro atoms. The average molecular weight is 300 g/mol. The van der Waals surface area contributed by atoms with Crippen LogP contribution >= 0.6 is 15.9 Å². The summed E-state index contributed by atoms with van der Waals surface area (Å²) < 4.78 is 6.04. The molecule has 0 aliphatic carbocycles. The lowest BCUT2D eigenvalue weighted by Crippen LogP contribution is -2.26. The van der Waals surface area contributed by atoms with Crippen LogP contribution in [0.3, 0.4) is 0 Å². The van der Waals surface area contributed by atoms with Crippen LogP contribution in [-0.4, -0.2) is 19.2 Å². The number of alkyl carbamates (subject to hydrolysis) is 1. The molecule has 0 saturated heterocycles. The Kier molecular flexibility index (Phi) is 6.70. The van der Waals surface area contributed by atoms with E-state index in [9.17, 15) is 4.79 Å². The highest BCUT2D eigenvalue weighted by molar-refractivity contribution is 9.10. The molecule has 0 heterocycles. The fraction of sp³-hybridized carbons (Fsp3) is 0.462. The van der Waals surface area contributed by atoms with Gasteiger partial charge in [-0.2, -0.15) is 0 Å². The highest BCUT2D eigenvalue weighted by Crippen LogP contribution is 2.11. The molecule has 0 atom stereocenters. The van der Waals surface area contributed by atoms with Crippen LogP contribution in [-0.2, 0) is 11.2 Å². The normalized spacial score (nSPS) is 10.0. The number of unbranched alkanes of at least 4 members (excludes halogenated alkanes) is 1. The molecule has 0 radical (unpaired) electrons. The number of benzene rings is 1. The van der Waals surface area contributed by atoms with Crippen LogP contribution in [0.2, 0.25) is 0 Å². The molecule has 94 valence electrons. The molecule has 1 amide bonds. The first-order valence-electron chi connectivity index (χ1n) is 5.87. The quantitative estimate of drug-likeness (QED) is 0.816. The maximum Gasteiger partial charge on any atom is 0.407 e. The topological polar surface area (TPSA) is 38.3 Å². The van der Waals surface area contributed by atoms with Gasteiger partial charge >= 0.3 is 6.09 Å². The molecule has 17 heavy (non-hydrogen) atoms. The lowest BCUT2D eigenvalue weighted by molar-refractivity contribution is 0.144. The van der Waals surface area contributed by atoms with Crippen LogP contribution in [0.4, 0.5) is 4.79 Å². The number of rotatable bonds is 6. The van der Waals surface area contributed by atoms with Gasteiger partial charge in [-0.1, -0.05) is 41.4 Å². The maximum atomic E-state index is 11.2. The third-order valence-electron chi connectivity index (χ3n) is 2.30. The third kappa shape index (κ3) is 6.31. The minimum absolute atomic E-state index is 0.326. The van der Waals surface area contributed by atoms with E-state index in [-0.39, 0.29) is 6.09 Å². The molecule has 1 aromatic rings. The van der Waals surface area contributed by atoms with Crippen LogP contribution in [0.15, 0.2) is 28.7 Å². The van der Waals surface area contributed by atoms with E-state index < -0.39 is 0 Å². The maximum absolute atomic E-state index is 11.2. The summed E-state index contributed by atoms with van der Waals surface area (Å²) in [4.78, 5) is 11.2. The summed E-state index contributed by atoms with van der Waals surface area (Å²) in [5.74, 6) is 0. The van der Waals surface area contributed by atoms with E-state index in [1.807, 2.05) is 24.3 Å². The molecular formula is C13H18BrNO2. The molecule has 0 unspecified atom stereocenters. The molecule has 3 nitrogen and oxygen atoms in total. The summed E-state index contributed by atoms with van der Waals surface area (Å²) in [7, 11) is 0. The number of halogens is 1. The van der Waals surface area contributed by atoms with Gasteiger partial charge in [-0.05, 0) is 30.5 Å². The van der Waals surface area contributed by atoms with Gasteiger partial charge in [-0.25, -0.2) is 4.79 Å². The van der Waals surface area contributed by atoms with Gasteiger partial charge in [-0.15, -0.1) is 0 Å². The van der Waals surface area contributed by atoms with E-state index in [1.165, 1.54) is 5.56 Å². The average Bonchev–Trinajstić information content (AvgIpc) is 2.29. The zero-order valence-electron chi connectivity index (χ0n) is 10.0. The summed E-state index contributed by atoms with van der Waals surface area (Å²) in [5, 5.41) is 2.73. The standard InChI is InChI=1S/C13H18BrNO2/c1-2-3-9-17-13(16)15-8-7-11-5-4-6-12(14)10-11/h4-6,10H,2-3,7-9H2,1H3,(H,15,16). The summed E-state index contributed by atoms with van der Waals surface area (Å²) in [5.41, 5.74) is 1.19. The first-order chi connectivity index (χ1) is 8.22. The van der Waals surface area contributed by atoms with E-state index in [1.54, 1.807) is 0 Å². The predicted molar refractivity (Wildman–Crippen MR) is 72.1 cm³/mol. The highest BCUT2D eigenvalue weighted by Gasteiger charge is 2.00. The molecule has 0 saturated carbocycles. The van der Waals surface area contributed by atoms with E-state index in [0.717, 1.165) is 23.7 Å². The van der Waals surface area contributed by atoms with E-state index >= 15 is 0 Å². The Hall–Kier alpha value is -1.03. The minimum Gasteiger partial charge on any atom is -0.450 e. The number of nitrogens with one attached hydrogen (secondary N) is 1. The summed E-state index contributed by atoms with van der Waals surface area (Å²) in [6, 6.07) is 8.05. The number of carbonyl (C=O) groups is 1. The first kappa shape index (κ1) is 14.0. The smallest absolute Gasteiger partial charge is 0.407 e. The second-order valence-electron chi connectivity index (χ2n) is 3.80. The zero-order valence-corrected chi connectivity index (χ0v) is 11.6. The van der Waals surface area contributed by atoms with Crippen molar-refractivity contribution in [3.63, 3.8) is 0 Å². The molecule has 0 aliphatic rings. The Morgan fingerprint density at radius 3 is 3.00 bits per heavy atom. The van der Waals surface area contributed by atoms with Crippen molar-refractivity contribution in [3.05, 3.63) is 34.3 Å². The molecular weight excluding hydrogens is 282 g/mol. The largest absolute Gasteiger partial charge is 0.450 e. The molecule has 0 aliphatic heterocycles. The molecule has 0 bridgehead atoms. The molecule has 1 N–H and O–H groups in total. The molecule has 0 aromatic heterocycles. The van der Waals surface area contributed by atoms with Gasteiger partial charge in [0.25, 0.3) is 0 Å². The van der Waals surface area contributed by atoms with Crippen LogP contribution in [0.25, 0.3) is 0 Å². The zero-order chi connectivity index (χ0) is 12.5. The van der Waals surface area contributed by atoms with Gasteiger partial charge in [0.05, 0.1) is 6.61 Å². The summed E-state index contributed by atoms with van der Waals surface area (Å²) >= 11 is 3.41.